The highest BCUT2D eigenvalue weighted by molar-refractivity contribution is 7.89. The van der Waals surface area contributed by atoms with Crippen molar-refractivity contribution in [1.29, 1.82) is 0 Å². The van der Waals surface area contributed by atoms with Gasteiger partial charge in [-0.25, -0.2) is 8.42 Å². The minimum absolute atomic E-state index is 0.0439. The summed E-state index contributed by atoms with van der Waals surface area (Å²) < 4.78 is 31.8. The molecule has 32 heavy (non-hydrogen) atoms. The van der Waals surface area contributed by atoms with Crippen molar-refractivity contribution in [1.82, 2.24) is 4.31 Å². The third kappa shape index (κ3) is 6.25. The van der Waals surface area contributed by atoms with Crippen LogP contribution in [0.2, 0.25) is 5.02 Å². The summed E-state index contributed by atoms with van der Waals surface area (Å²) in [5.74, 6) is -1.34. The molecule has 1 heterocycles. The number of piperidine rings is 1. The fourth-order valence-corrected chi connectivity index (χ4v) is 5.01. The van der Waals surface area contributed by atoms with Crippen LogP contribution in [0, 0.1) is 0 Å². The van der Waals surface area contributed by atoms with E-state index in [0.29, 0.717) is 23.7 Å². The number of ketones is 2. The Morgan fingerprint density at radius 1 is 0.812 bits per heavy atom. The molecule has 0 bridgehead atoms. The average Bonchev–Trinajstić information content (AvgIpc) is 2.82. The van der Waals surface area contributed by atoms with Gasteiger partial charge in [0.1, 0.15) is 0 Å². The van der Waals surface area contributed by atoms with E-state index in [-0.39, 0.29) is 29.1 Å². The maximum Gasteiger partial charge on any atom is 0.306 e. The minimum Gasteiger partial charge on any atom is -0.457 e. The summed E-state index contributed by atoms with van der Waals surface area (Å²) >= 11 is 5.78. The van der Waals surface area contributed by atoms with Gasteiger partial charge in [-0.2, -0.15) is 4.31 Å². The summed E-state index contributed by atoms with van der Waals surface area (Å²) in [4.78, 5) is 36.4. The number of carbonyl (C=O) groups excluding carboxylic acids is 3. The Balaban J connectivity index is 1.48. The Hall–Kier alpha value is -2.55. The lowest BCUT2D eigenvalue weighted by Crippen LogP contribution is -2.35. The van der Waals surface area contributed by atoms with Crippen molar-refractivity contribution in [3.05, 3.63) is 64.7 Å². The quantitative estimate of drug-likeness (QED) is 0.401. The molecule has 1 aliphatic heterocycles. The third-order valence-corrected chi connectivity index (χ3v) is 7.38. The predicted octanol–water partition coefficient (Wildman–Crippen LogP) is 3.90. The number of rotatable bonds is 9. The van der Waals surface area contributed by atoms with Crippen molar-refractivity contribution in [2.75, 3.05) is 19.7 Å². The van der Waals surface area contributed by atoms with Crippen LogP contribution < -0.4 is 0 Å². The number of esters is 1. The van der Waals surface area contributed by atoms with Gasteiger partial charge >= 0.3 is 5.97 Å². The van der Waals surface area contributed by atoms with E-state index >= 15 is 0 Å². The fraction of sp³-hybridized carbons (Fsp3) is 0.348. The normalized spacial score (nSPS) is 14.7. The highest BCUT2D eigenvalue weighted by Gasteiger charge is 2.26. The molecule has 9 heteroatoms. The molecule has 170 valence electrons. The van der Waals surface area contributed by atoms with Crippen molar-refractivity contribution < 1.29 is 27.5 Å². The summed E-state index contributed by atoms with van der Waals surface area (Å²) in [5.41, 5.74) is 0.686. The van der Waals surface area contributed by atoms with E-state index in [1.807, 2.05) is 0 Å². The lowest BCUT2D eigenvalue weighted by Gasteiger charge is -2.25. The van der Waals surface area contributed by atoms with Crippen LogP contribution in [0.4, 0.5) is 0 Å². The maximum atomic E-state index is 12.7. The van der Waals surface area contributed by atoms with Crippen LogP contribution in [0.5, 0.6) is 0 Å². The topological polar surface area (TPSA) is 97.8 Å². The lowest BCUT2D eigenvalue weighted by atomic mass is 10.1. The Morgan fingerprint density at radius 3 is 2.00 bits per heavy atom. The molecule has 1 aliphatic rings. The van der Waals surface area contributed by atoms with Gasteiger partial charge in [0, 0.05) is 35.7 Å². The molecule has 2 aromatic rings. The predicted molar refractivity (Wildman–Crippen MR) is 119 cm³/mol. The summed E-state index contributed by atoms with van der Waals surface area (Å²) in [6.07, 6.45) is 2.51. The van der Waals surface area contributed by atoms with Gasteiger partial charge < -0.3 is 4.74 Å². The van der Waals surface area contributed by atoms with Crippen LogP contribution >= 0.6 is 11.6 Å². The van der Waals surface area contributed by atoms with Crippen molar-refractivity contribution in [3.8, 4) is 0 Å². The fourth-order valence-electron chi connectivity index (χ4n) is 3.36. The second-order valence-electron chi connectivity index (χ2n) is 7.50. The number of hydrogen-bond acceptors (Lipinski definition) is 6. The molecule has 0 spiro atoms. The zero-order valence-corrected chi connectivity index (χ0v) is 19.0. The molecule has 1 saturated heterocycles. The van der Waals surface area contributed by atoms with Crippen LogP contribution in [-0.2, 0) is 19.6 Å². The van der Waals surface area contributed by atoms with E-state index in [2.05, 4.69) is 0 Å². The molecule has 0 aromatic heterocycles. The third-order valence-electron chi connectivity index (χ3n) is 5.22. The molecule has 7 nitrogen and oxygen atoms in total. The van der Waals surface area contributed by atoms with Crippen LogP contribution in [0.3, 0.4) is 0 Å². The number of Topliss-reactive ketones (excluding diaryl/α,β-unsaturated/α-hetero) is 2. The van der Waals surface area contributed by atoms with Crippen molar-refractivity contribution in [2.45, 2.75) is 37.0 Å². The van der Waals surface area contributed by atoms with E-state index in [4.69, 9.17) is 16.3 Å². The van der Waals surface area contributed by atoms with E-state index in [9.17, 15) is 22.8 Å². The van der Waals surface area contributed by atoms with Gasteiger partial charge in [-0.15, -0.1) is 0 Å². The smallest absolute Gasteiger partial charge is 0.306 e. The summed E-state index contributed by atoms with van der Waals surface area (Å²) in [6, 6.07) is 12.0. The van der Waals surface area contributed by atoms with Gasteiger partial charge in [-0.05, 0) is 61.4 Å². The molecular weight excluding hydrogens is 454 g/mol. The first kappa shape index (κ1) is 24.1. The molecule has 1 fully saturated rings. The standard InChI is InChI=1S/C23H24ClNO6S/c24-19-8-4-17(5-9-19)21(26)12-13-23(28)31-16-22(27)18-6-10-20(11-7-18)32(29,30)25-14-2-1-3-15-25/h4-11H,1-3,12-16H2. The van der Waals surface area contributed by atoms with Crippen LogP contribution in [0.1, 0.15) is 52.8 Å². The molecule has 0 aliphatic carbocycles. The minimum atomic E-state index is -3.57. The SMILES string of the molecule is O=C(CCC(=O)c1ccc(Cl)cc1)OCC(=O)c1ccc(S(=O)(=O)N2CCCCC2)cc1. The molecule has 0 atom stereocenters. The number of nitrogens with zero attached hydrogens (tertiary/aromatic N) is 1. The second-order valence-corrected chi connectivity index (χ2v) is 9.88. The van der Waals surface area contributed by atoms with Gasteiger partial charge in [0.15, 0.2) is 18.2 Å². The largest absolute Gasteiger partial charge is 0.457 e. The van der Waals surface area contributed by atoms with Crippen molar-refractivity contribution >= 4 is 39.2 Å². The van der Waals surface area contributed by atoms with E-state index in [1.165, 1.54) is 28.6 Å². The zero-order chi connectivity index (χ0) is 23.1. The molecule has 0 saturated carbocycles. The highest BCUT2D eigenvalue weighted by atomic mass is 35.5. The van der Waals surface area contributed by atoms with Crippen LogP contribution in [0.25, 0.3) is 0 Å². The van der Waals surface area contributed by atoms with E-state index in [0.717, 1.165) is 19.3 Å². The first-order valence-electron chi connectivity index (χ1n) is 10.4. The number of sulfonamides is 1. The number of halogens is 1. The van der Waals surface area contributed by atoms with E-state index in [1.54, 1.807) is 24.3 Å². The number of carbonyl (C=O) groups is 3. The average molecular weight is 478 g/mol. The van der Waals surface area contributed by atoms with Crippen molar-refractivity contribution in [3.63, 3.8) is 0 Å². The van der Waals surface area contributed by atoms with E-state index < -0.39 is 28.4 Å². The number of ether oxygens (including phenoxy) is 1. The molecule has 2 aromatic carbocycles. The Bertz CT molecular complexity index is 1070. The Morgan fingerprint density at radius 2 is 1.38 bits per heavy atom. The molecular formula is C23H24ClNO6S. The highest BCUT2D eigenvalue weighted by Crippen LogP contribution is 2.21. The summed E-state index contributed by atoms with van der Waals surface area (Å²) in [5, 5.41) is 0.511. The van der Waals surface area contributed by atoms with Gasteiger partial charge in [0.2, 0.25) is 10.0 Å². The van der Waals surface area contributed by atoms with Gasteiger partial charge in [0.25, 0.3) is 0 Å². The number of hydrogen-bond donors (Lipinski definition) is 0. The van der Waals surface area contributed by atoms with Gasteiger partial charge in [-0.1, -0.05) is 18.0 Å². The number of benzene rings is 2. The van der Waals surface area contributed by atoms with Crippen LogP contribution in [-0.4, -0.2) is 50.0 Å². The Kier molecular flexibility index (Phi) is 8.17. The molecule has 0 unspecified atom stereocenters. The van der Waals surface area contributed by atoms with Gasteiger partial charge in [-0.3, -0.25) is 14.4 Å². The first-order valence-corrected chi connectivity index (χ1v) is 12.2. The molecule has 0 N–H and O–H groups in total. The molecule has 3 rings (SSSR count). The lowest BCUT2D eigenvalue weighted by molar-refractivity contribution is -0.142. The van der Waals surface area contributed by atoms with Crippen molar-refractivity contribution in [2.24, 2.45) is 0 Å². The monoisotopic (exact) mass is 477 g/mol. The summed E-state index contributed by atoms with van der Waals surface area (Å²) in [7, 11) is -3.57. The first-order chi connectivity index (χ1) is 15.3. The second kappa shape index (κ2) is 10.8. The van der Waals surface area contributed by atoms with Gasteiger partial charge in [0.05, 0.1) is 11.3 Å². The zero-order valence-electron chi connectivity index (χ0n) is 17.5. The van der Waals surface area contributed by atoms with Crippen LogP contribution in [0.15, 0.2) is 53.4 Å². The molecule has 0 radical (unpaired) electrons. The maximum absolute atomic E-state index is 12.7. The Labute approximate surface area is 192 Å². The molecule has 0 amide bonds. The summed E-state index contributed by atoms with van der Waals surface area (Å²) in [6.45, 7) is 0.519.